The maximum Gasteiger partial charge on any atom is 0.304 e. The first-order valence-electron chi connectivity index (χ1n) is 7.18. The van der Waals surface area contributed by atoms with Gasteiger partial charge in [0.2, 0.25) is 6.29 Å². The Balaban J connectivity index is 3.08. The summed E-state index contributed by atoms with van der Waals surface area (Å²) in [5.41, 5.74) is 5.93. The van der Waals surface area contributed by atoms with E-state index in [1.54, 1.807) is 0 Å². The van der Waals surface area contributed by atoms with E-state index in [-0.39, 0.29) is 6.61 Å². The van der Waals surface area contributed by atoms with Crippen LogP contribution in [0.4, 0.5) is 0 Å². The molecule has 1 saturated heterocycles. The van der Waals surface area contributed by atoms with Crippen molar-refractivity contribution in [2.75, 3.05) is 6.61 Å². The van der Waals surface area contributed by atoms with Crippen molar-refractivity contribution in [1.82, 2.24) is 0 Å². The zero-order valence-corrected chi connectivity index (χ0v) is 13.8. The highest BCUT2D eigenvalue weighted by Gasteiger charge is 2.50. The molecule has 10 nitrogen and oxygen atoms in total. The smallest absolute Gasteiger partial charge is 0.304 e. The lowest BCUT2D eigenvalue weighted by Crippen LogP contribution is -2.65. The van der Waals surface area contributed by atoms with Gasteiger partial charge in [-0.05, 0) is 0 Å². The molecule has 1 fully saturated rings. The molecule has 1 aliphatic heterocycles. The van der Waals surface area contributed by atoms with Gasteiger partial charge >= 0.3 is 23.9 Å². The molecule has 136 valence electrons. The van der Waals surface area contributed by atoms with E-state index in [0.29, 0.717) is 0 Å². The Morgan fingerprint density at radius 2 is 1.33 bits per heavy atom. The van der Waals surface area contributed by atoms with Crippen LogP contribution in [0.15, 0.2) is 0 Å². The van der Waals surface area contributed by atoms with Crippen LogP contribution >= 0.6 is 0 Å². The molecule has 0 aromatic heterocycles. The second-order valence-corrected chi connectivity index (χ2v) is 5.18. The lowest BCUT2D eigenvalue weighted by molar-refractivity contribution is -0.267. The molecule has 0 radical (unpaired) electrons. The van der Waals surface area contributed by atoms with Crippen LogP contribution in [-0.2, 0) is 42.9 Å². The summed E-state index contributed by atoms with van der Waals surface area (Å²) in [6.45, 7) is 4.32. The fourth-order valence-corrected chi connectivity index (χ4v) is 2.20. The van der Waals surface area contributed by atoms with Crippen LogP contribution < -0.4 is 5.73 Å². The van der Waals surface area contributed by atoms with Crippen molar-refractivity contribution >= 4 is 23.9 Å². The molecular formula is C14H21NO9. The van der Waals surface area contributed by atoms with E-state index >= 15 is 0 Å². The van der Waals surface area contributed by atoms with Crippen LogP contribution in [-0.4, -0.2) is 61.1 Å². The number of rotatable bonds is 5. The van der Waals surface area contributed by atoms with Gasteiger partial charge in [0.15, 0.2) is 12.2 Å². The fourth-order valence-electron chi connectivity index (χ4n) is 2.20. The quantitative estimate of drug-likeness (QED) is 0.487. The first kappa shape index (κ1) is 19.8. The van der Waals surface area contributed by atoms with Gasteiger partial charge in [-0.1, -0.05) is 0 Å². The Morgan fingerprint density at radius 3 is 1.79 bits per heavy atom. The third-order valence-corrected chi connectivity index (χ3v) is 3.03. The Bertz CT molecular complexity index is 490. The maximum absolute atomic E-state index is 11.3. The summed E-state index contributed by atoms with van der Waals surface area (Å²) in [5, 5.41) is 0. The summed E-state index contributed by atoms with van der Waals surface area (Å²) in [6, 6.07) is -1.10. The predicted molar refractivity (Wildman–Crippen MR) is 76.1 cm³/mol. The molecule has 24 heavy (non-hydrogen) atoms. The highest BCUT2D eigenvalue weighted by molar-refractivity contribution is 5.68. The summed E-state index contributed by atoms with van der Waals surface area (Å²) >= 11 is 0. The molecule has 1 aliphatic rings. The van der Waals surface area contributed by atoms with E-state index in [9.17, 15) is 19.2 Å². The number of hydrogen-bond acceptors (Lipinski definition) is 10. The van der Waals surface area contributed by atoms with Crippen molar-refractivity contribution in [2.24, 2.45) is 5.73 Å². The van der Waals surface area contributed by atoms with Crippen LogP contribution in [0.25, 0.3) is 0 Å². The van der Waals surface area contributed by atoms with Gasteiger partial charge in [-0.25, -0.2) is 0 Å². The minimum atomic E-state index is -1.26. The normalized spacial score (nSPS) is 29.3. The van der Waals surface area contributed by atoms with Crippen molar-refractivity contribution in [3.8, 4) is 0 Å². The molecule has 10 heteroatoms. The van der Waals surface area contributed by atoms with Crippen molar-refractivity contribution in [3.63, 3.8) is 0 Å². The first-order valence-corrected chi connectivity index (χ1v) is 7.18. The standard InChI is InChI=1S/C14H21NO9/c1-6(16)20-5-10-12(21-7(2)17)13(22-8(3)18)11(15)14(24-10)23-9(4)19/h10-14H,5,15H2,1-4H3/t10-,11+,12+,13-,14+/m1/s1. The molecule has 0 aromatic rings. The van der Waals surface area contributed by atoms with Gasteiger partial charge in [0.05, 0.1) is 0 Å². The van der Waals surface area contributed by atoms with Crippen LogP contribution in [0.3, 0.4) is 0 Å². The molecular weight excluding hydrogens is 326 g/mol. The summed E-state index contributed by atoms with van der Waals surface area (Å²) in [5.74, 6) is -2.62. The number of carbonyl (C=O) groups excluding carboxylic acids is 4. The minimum absolute atomic E-state index is 0.310. The molecule has 0 bridgehead atoms. The summed E-state index contributed by atoms with van der Waals surface area (Å²) in [7, 11) is 0. The second-order valence-electron chi connectivity index (χ2n) is 5.18. The minimum Gasteiger partial charge on any atom is -0.463 e. The van der Waals surface area contributed by atoms with E-state index < -0.39 is 54.5 Å². The van der Waals surface area contributed by atoms with Gasteiger partial charge in [-0.15, -0.1) is 0 Å². The highest BCUT2D eigenvalue weighted by Crippen LogP contribution is 2.26. The first-order chi connectivity index (χ1) is 11.1. The third-order valence-electron chi connectivity index (χ3n) is 3.03. The Labute approximate surface area is 138 Å². The van der Waals surface area contributed by atoms with E-state index in [1.807, 2.05) is 0 Å². The SMILES string of the molecule is CC(=O)OC[C@H]1O[C@H](OC(C)=O)[C@@H](N)[C@@H](OC(C)=O)[C@H]1OC(C)=O. The van der Waals surface area contributed by atoms with Crippen LogP contribution in [0, 0.1) is 0 Å². The number of hydrogen-bond donors (Lipinski definition) is 1. The van der Waals surface area contributed by atoms with E-state index in [2.05, 4.69) is 0 Å². The van der Waals surface area contributed by atoms with E-state index in [0.717, 1.165) is 20.8 Å². The third kappa shape index (κ3) is 5.78. The number of nitrogens with two attached hydrogens (primary N) is 1. The molecule has 1 rings (SSSR count). The van der Waals surface area contributed by atoms with Crippen molar-refractivity contribution in [2.45, 2.75) is 58.3 Å². The average molecular weight is 347 g/mol. The van der Waals surface area contributed by atoms with Gasteiger partial charge < -0.3 is 29.4 Å². The molecule has 0 aliphatic carbocycles. The monoisotopic (exact) mass is 347 g/mol. The molecule has 0 unspecified atom stereocenters. The lowest BCUT2D eigenvalue weighted by Gasteiger charge is -2.42. The van der Waals surface area contributed by atoms with Crippen LogP contribution in [0.5, 0.6) is 0 Å². The van der Waals surface area contributed by atoms with Crippen LogP contribution in [0.2, 0.25) is 0 Å². The summed E-state index contributed by atoms with van der Waals surface area (Å²) in [4.78, 5) is 44.9. The van der Waals surface area contributed by atoms with E-state index in [1.165, 1.54) is 6.92 Å². The van der Waals surface area contributed by atoms with Crippen LogP contribution in [0.1, 0.15) is 27.7 Å². The van der Waals surface area contributed by atoms with E-state index in [4.69, 9.17) is 29.4 Å². The van der Waals surface area contributed by atoms with Gasteiger partial charge in [0.1, 0.15) is 18.8 Å². The van der Waals surface area contributed by atoms with Crippen molar-refractivity contribution in [3.05, 3.63) is 0 Å². The van der Waals surface area contributed by atoms with Gasteiger partial charge in [-0.3, -0.25) is 19.2 Å². The molecule has 2 N–H and O–H groups in total. The largest absolute Gasteiger partial charge is 0.463 e. The second kappa shape index (κ2) is 8.60. The molecule has 0 spiro atoms. The topological polar surface area (TPSA) is 140 Å². The molecule has 1 heterocycles. The zero-order valence-electron chi connectivity index (χ0n) is 13.8. The van der Waals surface area contributed by atoms with Gasteiger partial charge in [-0.2, -0.15) is 0 Å². The number of esters is 4. The Hall–Kier alpha value is -2.20. The molecule has 5 atom stereocenters. The lowest BCUT2D eigenvalue weighted by atomic mass is 9.97. The maximum atomic E-state index is 11.3. The van der Waals surface area contributed by atoms with Gasteiger partial charge in [0.25, 0.3) is 0 Å². The average Bonchev–Trinajstić information content (AvgIpc) is 2.42. The predicted octanol–water partition coefficient (Wildman–Crippen LogP) is -0.972. The summed E-state index contributed by atoms with van der Waals surface area (Å²) < 4.78 is 25.5. The van der Waals surface area contributed by atoms with Crippen molar-refractivity contribution in [1.29, 1.82) is 0 Å². The molecule has 0 aromatic carbocycles. The number of carbonyl (C=O) groups is 4. The number of ether oxygens (including phenoxy) is 5. The summed E-state index contributed by atoms with van der Waals surface area (Å²) in [6.07, 6.45) is -4.58. The highest BCUT2D eigenvalue weighted by atomic mass is 16.7. The zero-order chi connectivity index (χ0) is 18.4. The van der Waals surface area contributed by atoms with Crippen molar-refractivity contribution < 1.29 is 42.9 Å². The molecule has 0 amide bonds. The van der Waals surface area contributed by atoms with Gasteiger partial charge in [0, 0.05) is 27.7 Å². The Morgan fingerprint density at radius 1 is 0.833 bits per heavy atom. The molecule has 0 saturated carbocycles. The fraction of sp³-hybridized carbons (Fsp3) is 0.714. The Kier molecular flexibility index (Phi) is 7.11.